The maximum atomic E-state index is 5.56. The summed E-state index contributed by atoms with van der Waals surface area (Å²) in [6, 6.07) is 8.77. The number of benzene rings is 1. The third-order valence-corrected chi connectivity index (χ3v) is 2.87. The second-order valence-corrected chi connectivity index (χ2v) is 4.38. The van der Waals surface area contributed by atoms with E-state index in [1.807, 2.05) is 19.1 Å². The lowest BCUT2D eigenvalue weighted by Crippen LogP contribution is -2.22. The lowest BCUT2D eigenvalue weighted by molar-refractivity contribution is 0.339. The minimum atomic E-state index is 0.392. The largest absolute Gasteiger partial charge is 0.494 e. The van der Waals surface area contributed by atoms with Crippen LogP contribution in [0, 0.1) is 0 Å². The number of rotatable bonds is 9. The van der Waals surface area contributed by atoms with Crippen LogP contribution >= 0.6 is 0 Å². The maximum Gasteiger partial charge on any atom is 0.119 e. The molecule has 18 heavy (non-hydrogen) atoms. The molecule has 0 aliphatic heterocycles. The van der Waals surface area contributed by atoms with E-state index < -0.39 is 0 Å². The summed E-state index contributed by atoms with van der Waals surface area (Å²) in [4.78, 5) is 0. The SMILES string of the molecule is C=CCCC(NCCC)c1cccc(OCC)c1. The van der Waals surface area contributed by atoms with Gasteiger partial charge in [0.2, 0.25) is 0 Å². The van der Waals surface area contributed by atoms with Crippen LogP contribution in [0.4, 0.5) is 0 Å². The molecule has 0 heterocycles. The normalized spacial score (nSPS) is 12.1. The highest BCUT2D eigenvalue weighted by molar-refractivity contribution is 5.30. The van der Waals surface area contributed by atoms with Gasteiger partial charge >= 0.3 is 0 Å². The summed E-state index contributed by atoms with van der Waals surface area (Å²) in [5, 5.41) is 3.59. The smallest absolute Gasteiger partial charge is 0.119 e. The summed E-state index contributed by atoms with van der Waals surface area (Å²) < 4.78 is 5.56. The standard InChI is InChI=1S/C16H25NO/c1-4-7-11-16(17-12-5-2)14-9-8-10-15(13-14)18-6-3/h4,8-10,13,16-17H,1,5-7,11-12H2,2-3H3. The van der Waals surface area contributed by atoms with E-state index in [1.165, 1.54) is 5.56 Å². The molecule has 2 nitrogen and oxygen atoms in total. The van der Waals surface area contributed by atoms with Crippen LogP contribution in [0.15, 0.2) is 36.9 Å². The van der Waals surface area contributed by atoms with Gasteiger partial charge in [0.1, 0.15) is 5.75 Å². The Morgan fingerprint density at radius 2 is 2.22 bits per heavy atom. The molecule has 0 saturated heterocycles. The van der Waals surface area contributed by atoms with Gasteiger partial charge in [-0.3, -0.25) is 0 Å². The van der Waals surface area contributed by atoms with Crippen molar-refractivity contribution >= 4 is 0 Å². The van der Waals surface area contributed by atoms with Gasteiger partial charge in [-0.2, -0.15) is 0 Å². The summed E-state index contributed by atoms with van der Waals surface area (Å²) in [5.74, 6) is 0.955. The van der Waals surface area contributed by atoms with Crippen LogP contribution in [0.2, 0.25) is 0 Å². The number of nitrogens with one attached hydrogen (secondary N) is 1. The van der Waals surface area contributed by atoms with Crippen LogP contribution < -0.4 is 10.1 Å². The molecule has 2 heteroatoms. The first-order valence-corrected chi connectivity index (χ1v) is 6.88. The fourth-order valence-electron chi connectivity index (χ4n) is 1.98. The van der Waals surface area contributed by atoms with Gasteiger partial charge in [0.25, 0.3) is 0 Å². The first-order valence-electron chi connectivity index (χ1n) is 6.88. The number of hydrogen-bond donors (Lipinski definition) is 1. The first-order chi connectivity index (χ1) is 8.81. The van der Waals surface area contributed by atoms with E-state index in [1.54, 1.807) is 0 Å². The molecule has 1 N–H and O–H groups in total. The van der Waals surface area contributed by atoms with Crippen molar-refractivity contribution in [1.82, 2.24) is 5.32 Å². The number of ether oxygens (including phenoxy) is 1. The van der Waals surface area contributed by atoms with Gasteiger partial charge in [0, 0.05) is 6.04 Å². The van der Waals surface area contributed by atoms with Gasteiger partial charge < -0.3 is 10.1 Å². The highest BCUT2D eigenvalue weighted by Crippen LogP contribution is 2.23. The summed E-state index contributed by atoms with van der Waals surface area (Å²) in [5.41, 5.74) is 1.30. The van der Waals surface area contributed by atoms with Crippen LogP contribution in [-0.4, -0.2) is 13.2 Å². The van der Waals surface area contributed by atoms with Gasteiger partial charge in [0.15, 0.2) is 0 Å². The van der Waals surface area contributed by atoms with E-state index in [9.17, 15) is 0 Å². The molecule has 0 aliphatic carbocycles. The molecule has 1 aromatic rings. The molecule has 1 aromatic carbocycles. The van der Waals surface area contributed by atoms with Gasteiger partial charge in [-0.15, -0.1) is 6.58 Å². The van der Waals surface area contributed by atoms with Crippen molar-refractivity contribution in [3.8, 4) is 5.75 Å². The van der Waals surface area contributed by atoms with E-state index in [0.717, 1.165) is 31.6 Å². The predicted molar refractivity (Wildman–Crippen MR) is 78.1 cm³/mol. The van der Waals surface area contributed by atoms with Crippen molar-refractivity contribution in [2.45, 2.75) is 39.2 Å². The molecule has 0 aromatic heterocycles. The molecule has 1 atom stereocenters. The molecule has 0 saturated carbocycles. The molecule has 0 bridgehead atoms. The van der Waals surface area contributed by atoms with Crippen LogP contribution in [0.3, 0.4) is 0 Å². The summed E-state index contributed by atoms with van der Waals surface area (Å²) in [6.07, 6.45) is 5.24. The second kappa shape index (κ2) is 8.76. The zero-order chi connectivity index (χ0) is 13.2. The van der Waals surface area contributed by atoms with Gasteiger partial charge in [0.05, 0.1) is 6.61 Å². The number of hydrogen-bond acceptors (Lipinski definition) is 2. The first kappa shape index (κ1) is 14.8. The quantitative estimate of drug-likeness (QED) is 0.664. The van der Waals surface area contributed by atoms with E-state index in [4.69, 9.17) is 4.74 Å². The maximum absolute atomic E-state index is 5.56. The van der Waals surface area contributed by atoms with E-state index >= 15 is 0 Å². The molecule has 0 amide bonds. The van der Waals surface area contributed by atoms with Gasteiger partial charge in [-0.1, -0.05) is 25.1 Å². The van der Waals surface area contributed by atoms with Gasteiger partial charge in [-0.05, 0) is 50.4 Å². The van der Waals surface area contributed by atoms with Crippen molar-refractivity contribution in [1.29, 1.82) is 0 Å². The average molecular weight is 247 g/mol. The molecule has 1 unspecified atom stereocenters. The molecule has 0 spiro atoms. The van der Waals surface area contributed by atoms with Crippen molar-refractivity contribution in [3.05, 3.63) is 42.5 Å². The van der Waals surface area contributed by atoms with E-state index in [0.29, 0.717) is 12.6 Å². The Morgan fingerprint density at radius 1 is 1.39 bits per heavy atom. The lowest BCUT2D eigenvalue weighted by atomic mass is 10.0. The Morgan fingerprint density at radius 3 is 2.89 bits per heavy atom. The van der Waals surface area contributed by atoms with Crippen LogP contribution in [0.5, 0.6) is 5.75 Å². The van der Waals surface area contributed by atoms with E-state index in [-0.39, 0.29) is 0 Å². The molecule has 0 radical (unpaired) electrons. The topological polar surface area (TPSA) is 21.3 Å². The molecular weight excluding hydrogens is 222 g/mol. The van der Waals surface area contributed by atoms with Crippen molar-refractivity contribution in [2.75, 3.05) is 13.2 Å². The molecule has 0 fully saturated rings. The fraction of sp³-hybridized carbons (Fsp3) is 0.500. The Bertz CT molecular complexity index is 349. The highest BCUT2D eigenvalue weighted by Gasteiger charge is 2.10. The highest BCUT2D eigenvalue weighted by atomic mass is 16.5. The average Bonchev–Trinajstić information content (AvgIpc) is 2.40. The zero-order valence-corrected chi connectivity index (χ0v) is 11.6. The van der Waals surface area contributed by atoms with Gasteiger partial charge in [-0.25, -0.2) is 0 Å². The Kier molecular flexibility index (Phi) is 7.19. The fourth-order valence-corrected chi connectivity index (χ4v) is 1.98. The molecule has 100 valence electrons. The zero-order valence-electron chi connectivity index (χ0n) is 11.6. The van der Waals surface area contributed by atoms with Crippen LogP contribution in [-0.2, 0) is 0 Å². The summed E-state index contributed by atoms with van der Waals surface area (Å²) >= 11 is 0. The second-order valence-electron chi connectivity index (χ2n) is 4.38. The van der Waals surface area contributed by atoms with Crippen molar-refractivity contribution in [2.24, 2.45) is 0 Å². The third-order valence-electron chi connectivity index (χ3n) is 2.87. The summed E-state index contributed by atoms with van der Waals surface area (Å²) in [7, 11) is 0. The monoisotopic (exact) mass is 247 g/mol. The lowest BCUT2D eigenvalue weighted by Gasteiger charge is -2.19. The Labute approximate surface area is 111 Å². The van der Waals surface area contributed by atoms with Crippen LogP contribution in [0.1, 0.15) is 44.7 Å². The van der Waals surface area contributed by atoms with Crippen molar-refractivity contribution < 1.29 is 4.74 Å². The molecule has 0 aliphatic rings. The number of allylic oxidation sites excluding steroid dienone is 1. The Balaban J connectivity index is 2.74. The Hall–Kier alpha value is -1.28. The summed E-state index contributed by atoms with van der Waals surface area (Å²) in [6.45, 7) is 9.75. The predicted octanol–water partition coefficient (Wildman–Crippen LogP) is 4.09. The molecular formula is C16H25NO. The van der Waals surface area contributed by atoms with Crippen molar-refractivity contribution in [3.63, 3.8) is 0 Å². The minimum absolute atomic E-state index is 0.392. The van der Waals surface area contributed by atoms with E-state index in [2.05, 4.69) is 37.0 Å². The minimum Gasteiger partial charge on any atom is -0.494 e. The van der Waals surface area contributed by atoms with Crippen LogP contribution in [0.25, 0.3) is 0 Å². The molecule has 1 rings (SSSR count). The third kappa shape index (κ3) is 4.92.